The van der Waals surface area contributed by atoms with E-state index in [2.05, 4.69) is 56.5 Å². The predicted octanol–water partition coefficient (Wildman–Crippen LogP) is 0.777. The molecular formula is C22H31N5O3. The van der Waals surface area contributed by atoms with Crippen molar-refractivity contribution >= 4 is 18.3 Å². The topological polar surface area (TPSA) is 87.6 Å². The summed E-state index contributed by atoms with van der Waals surface area (Å²) in [5, 5.41) is 6.10. The zero-order valence-electron chi connectivity index (χ0n) is 17.8. The molecular weight excluding hydrogens is 382 g/mol. The number of amides is 1. The van der Waals surface area contributed by atoms with Crippen molar-refractivity contribution in [1.29, 1.82) is 0 Å². The van der Waals surface area contributed by atoms with Gasteiger partial charge in [0, 0.05) is 46.4 Å². The van der Waals surface area contributed by atoms with E-state index in [0.717, 1.165) is 26.1 Å². The van der Waals surface area contributed by atoms with Gasteiger partial charge in [-0.05, 0) is 24.3 Å². The van der Waals surface area contributed by atoms with Gasteiger partial charge in [-0.15, -0.1) is 0 Å². The van der Waals surface area contributed by atoms with Crippen molar-refractivity contribution in [3.63, 3.8) is 0 Å². The van der Waals surface area contributed by atoms with Gasteiger partial charge < -0.3 is 20.1 Å². The van der Waals surface area contributed by atoms with Crippen molar-refractivity contribution in [2.24, 2.45) is 9.98 Å². The smallest absolute Gasteiger partial charge is 0.269 e. The number of rotatable bonds is 10. The number of ether oxygens (including phenoxy) is 2. The summed E-state index contributed by atoms with van der Waals surface area (Å²) in [6.07, 6.45) is 2.53. The lowest BCUT2D eigenvalue weighted by Crippen LogP contribution is -2.46. The largest absolute Gasteiger partial charge is 0.378 e. The summed E-state index contributed by atoms with van der Waals surface area (Å²) < 4.78 is 10.8. The molecule has 2 aliphatic heterocycles. The number of aliphatic imine (C=N–C) groups is 2. The van der Waals surface area contributed by atoms with Crippen LogP contribution in [0.2, 0.25) is 0 Å². The minimum absolute atomic E-state index is 0.108. The van der Waals surface area contributed by atoms with Crippen molar-refractivity contribution in [1.82, 2.24) is 15.5 Å². The summed E-state index contributed by atoms with van der Waals surface area (Å²) >= 11 is 0. The Morgan fingerprint density at radius 2 is 2.17 bits per heavy atom. The molecule has 1 amide bonds. The molecule has 0 radical (unpaired) electrons. The van der Waals surface area contributed by atoms with Gasteiger partial charge in [-0.25, -0.2) is 4.99 Å². The monoisotopic (exact) mass is 413 g/mol. The van der Waals surface area contributed by atoms with Crippen LogP contribution in [0.3, 0.4) is 0 Å². The van der Waals surface area contributed by atoms with Crippen LogP contribution in [0.5, 0.6) is 0 Å². The molecule has 162 valence electrons. The van der Waals surface area contributed by atoms with E-state index in [1.807, 2.05) is 0 Å². The number of hydrogen-bond acceptors (Lipinski definition) is 7. The molecule has 2 heterocycles. The lowest BCUT2D eigenvalue weighted by Gasteiger charge is -2.31. The van der Waals surface area contributed by atoms with E-state index in [4.69, 9.17) is 9.47 Å². The lowest BCUT2D eigenvalue weighted by molar-refractivity contribution is -0.115. The third-order valence-electron chi connectivity index (χ3n) is 5.40. The Morgan fingerprint density at radius 1 is 1.40 bits per heavy atom. The molecule has 8 nitrogen and oxygen atoms in total. The molecule has 8 heteroatoms. The summed E-state index contributed by atoms with van der Waals surface area (Å²) in [5.41, 5.74) is 3.06. The Labute approximate surface area is 178 Å². The van der Waals surface area contributed by atoms with Gasteiger partial charge in [0.25, 0.3) is 5.91 Å². The van der Waals surface area contributed by atoms with Crippen LogP contribution in [0.4, 0.5) is 0 Å². The van der Waals surface area contributed by atoms with Crippen molar-refractivity contribution < 1.29 is 14.3 Å². The van der Waals surface area contributed by atoms with Crippen LogP contribution in [0, 0.1) is 0 Å². The number of carbonyl (C=O) groups is 1. The first kappa shape index (κ1) is 22.1. The van der Waals surface area contributed by atoms with E-state index < -0.39 is 0 Å². The maximum atomic E-state index is 12.6. The van der Waals surface area contributed by atoms with Gasteiger partial charge in [-0.2, -0.15) is 0 Å². The van der Waals surface area contributed by atoms with Gasteiger partial charge >= 0.3 is 0 Å². The van der Waals surface area contributed by atoms with Crippen LogP contribution in [-0.2, 0) is 27.2 Å². The van der Waals surface area contributed by atoms with Crippen molar-refractivity contribution in [2.45, 2.75) is 25.1 Å². The van der Waals surface area contributed by atoms with Crippen LogP contribution in [0.15, 0.2) is 46.1 Å². The molecule has 1 saturated heterocycles. The maximum Gasteiger partial charge on any atom is 0.269 e. The fourth-order valence-electron chi connectivity index (χ4n) is 3.54. The highest BCUT2D eigenvalue weighted by Gasteiger charge is 2.21. The van der Waals surface area contributed by atoms with Crippen LogP contribution in [0.25, 0.3) is 0 Å². The molecule has 2 N–H and O–H groups in total. The summed E-state index contributed by atoms with van der Waals surface area (Å²) in [5.74, 6) is 0.241. The van der Waals surface area contributed by atoms with Crippen molar-refractivity contribution in [3.05, 3.63) is 47.3 Å². The molecule has 1 aromatic rings. The first-order chi connectivity index (χ1) is 14.6. The van der Waals surface area contributed by atoms with Gasteiger partial charge in [-0.1, -0.05) is 24.3 Å². The Balaban J connectivity index is 1.50. The number of hydrogen-bond donors (Lipinski definition) is 2. The third-order valence-corrected chi connectivity index (χ3v) is 5.40. The SMILES string of the molecule is C=N/C(=C\C(=N/C)C(=O)NCC(CN1CCc2ccccc2C1)OC)NC1COC1. The summed E-state index contributed by atoms with van der Waals surface area (Å²) in [6.45, 7) is 7.84. The average molecular weight is 414 g/mol. The van der Waals surface area contributed by atoms with E-state index in [9.17, 15) is 4.79 Å². The zero-order valence-corrected chi connectivity index (χ0v) is 17.8. The minimum Gasteiger partial charge on any atom is -0.378 e. The lowest BCUT2D eigenvalue weighted by atomic mass is 10.00. The average Bonchev–Trinajstić information content (AvgIpc) is 2.75. The second-order valence-corrected chi connectivity index (χ2v) is 7.50. The minimum atomic E-state index is -0.267. The fourth-order valence-corrected chi connectivity index (χ4v) is 3.54. The number of carbonyl (C=O) groups excluding carboxylic acids is 1. The normalized spacial score (nSPS) is 18.9. The Kier molecular flexibility index (Phi) is 8.12. The molecule has 1 atom stereocenters. The van der Waals surface area contributed by atoms with Crippen molar-refractivity contribution in [3.8, 4) is 0 Å². The second-order valence-electron chi connectivity index (χ2n) is 7.50. The Morgan fingerprint density at radius 3 is 2.80 bits per heavy atom. The highest BCUT2D eigenvalue weighted by Crippen LogP contribution is 2.18. The highest BCUT2D eigenvalue weighted by atomic mass is 16.5. The van der Waals surface area contributed by atoms with Gasteiger partial charge in [-0.3, -0.25) is 14.7 Å². The molecule has 0 saturated carbocycles. The molecule has 0 spiro atoms. The highest BCUT2D eigenvalue weighted by molar-refractivity contribution is 6.43. The van der Waals surface area contributed by atoms with Crippen LogP contribution >= 0.6 is 0 Å². The van der Waals surface area contributed by atoms with Crippen LogP contribution in [0.1, 0.15) is 11.1 Å². The summed E-state index contributed by atoms with van der Waals surface area (Å²) in [7, 11) is 3.26. The number of methoxy groups -OCH3 is 1. The molecule has 2 aliphatic rings. The Bertz CT molecular complexity index is 804. The maximum absolute atomic E-state index is 12.6. The first-order valence-corrected chi connectivity index (χ1v) is 10.2. The zero-order chi connectivity index (χ0) is 21.3. The first-order valence-electron chi connectivity index (χ1n) is 10.2. The second kappa shape index (κ2) is 11.0. The Hall–Kier alpha value is -2.55. The van der Waals surface area contributed by atoms with E-state index in [-0.39, 0.29) is 23.8 Å². The summed E-state index contributed by atoms with van der Waals surface area (Å²) in [4.78, 5) is 23.0. The van der Waals surface area contributed by atoms with Crippen LogP contribution in [-0.4, -0.2) is 82.4 Å². The van der Waals surface area contributed by atoms with Gasteiger partial charge in [0.2, 0.25) is 0 Å². The van der Waals surface area contributed by atoms with Gasteiger partial charge in [0.1, 0.15) is 11.5 Å². The number of nitrogens with zero attached hydrogens (tertiary/aromatic N) is 3. The molecule has 3 rings (SSSR count). The molecule has 0 aliphatic carbocycles. The number of nitrogens with one attached hydrogen (secondary N) is 2. The van der Waals surface area contributed by atoms with E-state index in [1.165, 1.54) is 11.1 Å². The van der Waals surface area contributed by atoms with Gasteiger partial charge in [0.05, 0.1) is 25.4 Å². The van der Waals surface area contributed by atoms with Gasteiger partial charge in [0.15, 0.2) is 0 Å². The molecule has 0 bridgehead atoms. The van der Waals surface area contributed by atoms with E-state index >= 15 is 0 Å². The van der Waals surface area contributed by atoms with Crippen LogP contribution < -0.4 is 10.6 Å². The number of benzene rings is 1. The molecule has 1 aromatic carbocycles. The van der Waals surface area contributed by atoms with E-state index in [0.29, 0.717) is 25.6 Å². The molecule has 1 fully saturated rings. The quantitative estimate of drug-likeness (QED) is 0.554. The third kappa shape index (κ3) is 5.98. The standard InChI is InChI=1S/C22H31N5O3/c1-23-20(10-21(24-2)26-18-14-30-15-18)22(28)25-11-19(29-3)13-27-9-8-16-6-4-5-7-17(16)12-27/h4-7,10,18-19,26H,2,8-9,11-15H2,1,3H3,(H,25,28)/b21-10+,23-20+. The molecule has 1 unspecified atom stereocenters. The fraction of sp³-hybridized carbons (Fsp3) is 0.500. The number of fused-ring (bicyclic) bond motifs is 1. The van der Waals surface area contributed by atoms with E-state index in [1.54, 1.807) is 20.2 Å². The summed E-state index contributed by atoms with van der Waals surface area (Å²) in [6, 6.07) is 8.73. The predicted molar refractivity (Wildman–Crippen MR) is 118 cm³/mol. The molecule has 0 aromatic heterocycles. The molecule has 30 heavy (non-hydrogen) atoms. The van der Waals surface area contributed by atoms with Crippen molar-refractivity contribution in [2.75, 3.05) is 47.0 Å².